The van der Waals surface area contributed by atoms with Gasteiger partial charge in [-0.25, -0.2) is 12.8 Å². The zero-order valence-electron chi connectivity index (χ0n) is 8.61. The fourth-order valence-corrected chi connectivity index (χ4v) is 3.08. The van der Waals surface area contributed by atoms with Crippen LogP contribution in [0.4, 0.5) is 10.1 Å². The molecule has 0 radical (unpaired) electrons. The topological polar surface area (TPSA) is 58.2 Å². The lowest BCUT2D eigenvalue weighted by molar-refractivity contribution is 0.588. The van der Waals surface area contributed by atoms with Gasteiger partial charge in [0.05, 0.1) is 10.9 Å². The number of benzene rings is 1. The third-order valence-electron chi connectivity index (χ3n) is 2.54. The number of halogens is 1. The zero-order valence-corrected chi connectivity index (χ0v) is 9.43. The van der Waals surface area contributed by atoms with Gasteiger partial charge in [-0.05, 0) is 31.2 Å². The van der Waals surface area contributed by atoms with Crippen molar-refractivity contribution >= 4 is 15.7 Å². The van der Waals surface area contributed by atoms with E-state index in [1.54, 1.807) is 0 Å². The Balaban J connectivity index is 2.14. The number of rotatable bonds is 3. The molecule has 88 valence electrons. The summed E-state index contributed by atoms with van der Waals surface area (Å²) >= 11 is 0. The highest BCUT2D eigenvalue weighted by Gasteiger charge is 2.28. The summed E-state index contributed by atoms with van der Waals surface area (Å²) < 4.78 is 38.9. The Morgan fingerprint density at radius 2 is 2.25 bits per heavy atom. The number of anilines is 1. The first-order valence-corrected chi connectivity index (χ1v) is 6.60. The molecule has 16 heavy (non-hydrogen) atoms. The van der Waals surface area contributed by atoms with Crippen molar-refractivity contribution in [2.45, 2.75) is 11.7 Å². The summed E-state index contributed by atoms with van der Waals surface area (Å²) in [6.45, 7) is 1.15. The fourth-order valence-electron chi connectivity index (χ4n) is 1.69. The van der Waals surface area contributed by atoms with Gasteiger partial charge in [0.2, 0.25) is 10.0 Å². The molecule has 1 fully saturated rings. The number of hydrogen-bond acceptors (Lipinski definition) is 3. The van der Waals surface area contributed by atoms with Crippen molar-refractivity contribution < 1.29 is 12.8 Å². The summed E-state index contributed by atoms with van der Waals surface area (Å²) in [5, 5.41) is 2.55. The molecule has 1 aliphatic heterocycles. The molecule has 0 aliphatic carbocycles. The van der Waals surface area contributed by atoms with Gasteiger partial charge < -0.3 is 5.32 Å². The first-order valence-electron chi connectivity index (χ1n) is 5.06. The van der Waals surface area contributed by atoms with E-state index in [9.17, 15) is 12.8 Å². The van der Waals surface area contributed by atoms with Crippen molar-refractivity contribution in [3.63, 3.8) is 0 Å². The molecule has 1 aromatic carbocycles. The molecule has 6 heteroatoms. The van der Waals surface area contributed by atoms with Crippen molar-refractivity contribution in [1.82, 2.24) is 5.32 Å². The van der Waals surface area contributed by atoms with Gasteiger partial charge in [0.25, 0.3) is 0 Å². The van der Waals surface area contributed by atoms with Gasteiger partial charge in [-0.3, -0.25) is 4.72 Å². The maximum atomic E-state index is 12.9. The highest BCUT2D eigenvalue weighted by atomic mass is 32.2. The first-order chi connectivity index (χ1) is 7.58. The quantitative estimate of drug-likeness (QED) is 0.831. The van der Waals surface area contributed by atoms with Crippen LogP contribution in [0.3, 0.4) is 0 Å². The van der Waals surface area contributed by atoms with Crippen LogP contribution in [0.5, 0.6) is 0 Å². The summed E-state index contributed by atoms with van der Waals surface area (Å²) in [5.41, 5.74) is 0.270. The van der Waals surface area contributed by atoms with Crippen LogP contribution in [0.2, 0.25) is 0 Å². The molecule has 0 spiro atoms. The molecule has 1 aliphatic rings. The van der Waals surface area contributed by atoms with Gasteiger partial charge in [-0.2, -0.15) is 0 Å². The fraction of sp³-hybridized carbons (Fsp3) is 0.400. The third kappa shape index (κ3) is 2.51. The van der Waals surface area contributed by atoms with E-state index in [2.05, 4.69) is 10.0 Å². The van der Waals surface area contributed by atoms with Crippen LogP contribution in [0.15, 0.2) is 24.3 Å². The SMILES string of the molecule is O=S(=O)(Nc1cccc(F)c1)C1CCNC1. The lowest BCUT2D eigenvalue weighted by Crippen LogP contribution is -2.29. The van der Waals surface area contributed by atoms with E-state index in [0.717, 1.165) is 0 Å². The van der Waals surface area contributed by atoms with Gasteiger partial charge in [-0.15, -0.1) is 0 Å². The predicted molar refractivity (Wildman–Crippen MR) is 60.2 cm³/mol. The Morgan fingerprint density at radius 3 is 2.88 bits per heavy atom. The monoisotopic (exact) mass is 244 g/mol. The molecule has 1 heterocycles. The minimum atomic E-state index is -3.41. The maximum absolute atomic E-state index is 12.9. The Labute approximate surface area is 93.9 Å². The Bertz CT molecular complexity index is 469. The molecule has 0 amide bonds. The van der Waals surface area contributed by atoms with Crippen LogP contribution in [0, 0.1) is 5.82 Å². The molecule has 0 bridgehead atoms. The smallest absolute Gasteiger partial charge is 0.236 e. The van der Waals surface area contributed by atoms with E-state index in [4.69, 9.17) is 0 Å². The summed E-state index contributed by atoms with van der Waals surface area (Å²) in [7, 11) is -3.41. The van der Waals surface area contributed by atoms with Crippen molar-refractivity contribution in [3.05, 3.63) is 30.1 Å². The second-order valence-electron chi connectivity index (χ2n) is 3.77. The van der Waals surface area contributed by atoms with E-state index < -0.39 is 21.1 Å². The van der Waals surface area contributed by atoms with Crippen molar-refractivity contribution in [2.24, 2.45) is 0 Å². The zero-order chi connectivity index (χ0) is 11.6. The first kappa shape index (κ1) is 11.3. The lowest BCUT2D eigenvalue weighted by atomic mass is 10.3. The average molecular weight is 244 g/mol. The largest absolute Gasteiger partial charge is 0.315 e. The molecule has 0 aromatic heterocycles. The molecule has 1 unspecified atom stereocenters. The molecule has 1 atom stereocenters. The van der Waals surface area contributed by atoms with E-state index in [-0.39, 0.29) is 5.69 Å². The highest BCUT2D eigenvalue weighted by molar-refractivity contribution is 7.93. The molecule has 2 N–H and O–H groups in total. The summed E-state index contributed by atoms with van der Waals surface area (Å²) in [6, 6.07) is 5.44. The Morgan fingerprint density at radius 1 is 1.44 bits per heavy atom. The summed E-state index contributed by atoms with van der Waals surface area (Å²) in [6.07, 6.45) is 0.588. The second kappa shape index (κ2) is 4.39. The van der Waals surface area contributed by atoms with Gasteiger partial charge >= 0.3 is 0 Å². The van der Waals surface area contributed by atoms with Crippen molar-refractivity contribution in [1.29, 1.82) is 0 Å². The van der Waals surface area contributed by atoms with E-state index in [1.807, 2.05) is 0 Å². The molecule has 0 saturated carbocycles. The van der Waals surface area contributed by atoms with Gasteiger partial charge in [0.15, 0.2) is 0 Å². The van der Waals surface area contributed by atoms with Crippen LogP contribution in [-0.4, -0.2) is 26.8 Å². The molecular weight excluding hydrogens is 231 g/mol. The molecule has 1 aromatic rings. The Kier molecular flexibility index (Phi) is 3.11. The van der Waals surface area contributed by atoms with E-state index >= 15 is 0 Å². The van der Waals surface area contributed by atoms with Crippen LogP contribution in [0.1, 0.15) is 6.42 Å². The molecule has 2 rings (SSSR count). The highest BCUT2D eigenvalue weighted by Crippen LogP contribution is 2.16. The van der Waals surface area contributed by atoms with Crippen LogP contribution in [0.25, 0.3) is 0 Å². The Hall–Kier alpha value is -1.14. The average Bonchev–Trinajstić information content (AvgIpc) is 2.69. The third-order valence-corrected chi connectivity index (χ3v) is 4.34. The predicted octanol–water partition coefficient (Wildman–Crippen LogP) is 0.929. The molecule has 1 saturated heterocycles. The van der Waals surface area contributed by atoms with Crippen LogP contribution < -0.4 is 10.0 Å². The number of nitrogens with one attached hydrogen (secondary N) is 2. The van der Waals surface area contributed by atoms with Crippen molar-refractivity contribution in [3.8, 4) is 0 Å². The van der Waals surface area contributed by atoms with Crippen LogP contribution >= 0.6 is 0 Å². The lowest BCUT2D eigenvalue weighted by Gasteiger charge is -2.12. The second-order valence-corrected chi connectivity index (χ2v) is 5.73. The number of hydrogen-bond donors (Lipinski definition) is 2. The molecular formula is C10H13FN2O2S. The summed E-state index contributed by atoms with van der Waals surface area (Å²) in [4.78, 5) is 0. The van der Waals surface area contributed by atoms with Crippen LogP contribution in [-0.2, 0) is 10.0 Å². The van der Waals surface area contributed by atoms with E-state index in [0.29, 0.717) is 19.5 Å². The minimum absolute atomic E-state index is 0.270. The minimum Gasteiger partial charge on any atom is -0.315 e. The normalized spacial score (nSPS) is 20.9. The summed E-state index contributed by atoms with van der Waals surface area (Å²) in [5.74, 6) is -0.454. The van der Waals surface area contributed by atoms with E-state index in [1.165, 1.54) is 24.3 Å². The van der Waals surface area contributed by atoms with Gasteiger partial charge in [0, 0.05) is 6.54 Å². The standard InChI is InChI=1S/C10H13FN2O2S/c11-8-2-1-3-9(6-8)13-16(14,15)10-4-5-12-7-10/h1-3,6,10,12-13H,4-5,7H2. The maximum Gasteiger partial charge on any atom is 0.236 e. The number of sulfonamides is 1. The van der Waals surface area contributed by atoms with Crippen molar-refractivity contribution in [2.75, 3.05) is 17.8 Å². The molecule has 4 nitrogen and oxygen atoms in total. The van der Waals surface area contributed by atoms with Gasteiger partial charge in [0.1, 0.15) is 5.82 Å². The van der Waals surface area contributed by atoms with Gasteiger partial charge in [-0.1, -0.05) is 6.07 Å².